The number of fused-ring (bicyclic) bond motifs is 1. The molecule has 2 saturated heterocycles. The molecule has 8 atom stereocenters. The van der Waals surface area contributed by atoms with Crippen LogP contribution in [0.2, 0.25) is 0 Å². The van der Waals surface area contributed by atoms with E-state index in [2.05, 4.69) is 24.5 Å². The van der Waals surface area contributed by atoms with Crippen LogP contribution in [-0.2, 0) is 32.2 Å². The summed E-state index contributed by atoms with van der Waals surface area (Å²) in [6.07, 6.45) is -7.98. The summed E-state index contributed by atoms with van der Waals surface area (Å²) in [5, 5.41) is 21.3. The first-order chi connectivity index (χ1) is 20.1. The number of imidazole rings is 1. The van der Waals surface area contributed by atoms with Crippen molar-refractivity contribution in [3.63, 3.8) is 0 Å². The smallest absolute Gasteiger partial charge is 0.390 e. The number of aromatic nitrogens is 6. The highest BCUT2D eigenvalue weighted by molar-refractivity contribution is 7.47. The summed E-state index contributed by atoms with van der Waals surface area (Å²) in [4.78, 5) is 66.7. The number of hydrogen-bond donors (Lipinski definition) is 8. The Morgan fingerprint density at radius 1 is 1.05 bits per heavy atom. The number of nitrogens with zero attached hydrogens (tertiary/aromatic N) is 5. The molecule has 22 nitrogen and oxygen atoms in total. The van der Waals surface area contributed by atoms with Crippen molar-refractivity contribution in [2.24, 2.45) is 0 Å². The summed E-state index contributed by atoms with van der Waals surface area (Å²) in [5.74, 6) is -0.330. The first-order valence-electron chi connectivity index (χ1n) is 12.2. The molecule has 24 heteroatoms. The van der Waals surface area contributed by atoms with Crippen molar-refractivity contribution in [3.05, 3.63) is 39.4 Å². The summed E-state index contributed by atoms with van der Waals surface area (Å²) >= 11 is 0. The number of aliphatic hydroxyl groups is 2. The van der Waals surface area contributed by atoms with Gasteiger partial charge in [0.05, 0.1) is 25.6 Å². The topological polar surface area (TPSA) is 332 Å². The van der Waals surface area contributed by atoms with Crippen molar-refractivity contribution in [2.45, 2.75) is 49.4 Å². The van der Waals surface area contributed by atoms with Gasteiger partial charge in [-0.3, -0.25) is 32.5 Å². The van der Waals surface area contributed by atoms with Gasteiger partial charge >= 0.3 is 21.3 Å². The molecule has 2 fully saturated rings. The van der Waals surface area contributed by atoms with Crippen LogP contribution in [0.5, 0.6) is 0 Å². The number of rotatable bonds is 10. The van der Waals surface area contributed by atoms with Gasteiger partial charge in [-0.1, -0.05) is 0 Å². The zero-order valence-corrected chi connectivity index (χ0v) is 23.4. The number of anilines is 2. The van der Waals surface area contributed by atoms with Gasteiger partial charge < -0.3 is 45.8 Å². The molecule has 0 saturated carbocycles. The molecule has 5 heterocycles. The molecule has 5 rings (SSSR count). The molecule has 2 aliphatic heterocycles. The van der Waals surface area contributed by atoms with Crippen molar-refractivity contribution in [1.29, 1.82) is 0 Å². The maximum absolute atomic E-state index is 12.9. The molecule has 10 N–H and O–H groups in total. The fraction of sp³-hybridized carbons (Fsp3) is 0.526. The normalized spacial score (nSPS) is 29.3. The molecule has 0 spiro atoms. The highest BCUT2D eigenvalue weighted by Crippen LogP contribution is 2.49. The number of nitrogens with two attached hydrogens (primary N) is 2. The van der Waals surface area contributed by atoms with E-state index in [0.717, 1.165) is 10.8 Å². The van der Waals surface area contributed by atoms with E-state index in [9.17, 15) is 33.8 Å². The molecule has 2 aliphatic rings. The van der Waals surface area contributed by atoms with Crippen molar-refractivity contribution in [1.82, 2.24) is 29.1 Å². The summed E-state index contributed by atoms with van der Waals surface area (Å²) in [6.45, 7) is -1.65. The number of H-pyrrole nitrogens is 1. The zero-order chi connectivity index (χ0) is 31.3. The lowest BCUT2D eigenvalue weighted by atomic mass is 10.1. The van der Waals surface area contributed by atoms with Crippen LogP contribution in [0, 0.1) is 0 Å². The lowest BCUT2D eigenvalue weighted by molar-refractivity contribution is -0.0569. The predicted molar refractivity (Wildman–Crippen MR) is 139 cm³/mol. The molecule has 3 aromatic heterocycles. The fourth-order valence-electron chi connectivity index (χ4n) is 4.55. The Kier molecular flexibility index (Phi) is 8.57. The van der Waals surface area contributed by atoms with Crippen LogP contribution in [0.1, 0.15) is 18.9 Å². The highest BCUT2D eigenvalue weighted by atomic mass is 31.2. The molecule has 0 aliphatic carbocycles. The molecule has 3 aromatic rings. The third-order valence-electron chi connectivity index (χ3n) is 6.46. The molecule has 1 unspecified atom stereocenters. The highest BCUT2D eigenvalue weighted by Gasteiger charge is 2.50. The van der Waals surface area contributed by atoms with Gasteiger partial charge in [0.25, 0.3) is 5.56 Å². The second kappa shape index (κ2) is 11.8. The van der Waals surface area contributed by atoms with Gasteiger partial charge in [-0.2, -0.15) is 9.97 Å². The molecule has 0 bridgehead atoms. The molecule has 0 aromatic carbocycles. The van der Waals surface area contributed by atoms with E-state index in [-0.39, 0.29) is 29.4 Å². The van der Waals surface area contributed by atoms with Crippen molar-refractivity contribution in [3.8, 4) is 0 Å². The van der Waals surface area contributed by atoms with Crippen LogP contribution in [0.25, 0.3) is 11.2 Å². The second-order valence-electron chi connectivity index (χ2n) is 9.43. The summed E-state index contributed by atoms with van der Waals surface area (Å²) < 4.78 is 51.9. The van der Waals surface area contributed by atoms with E-state index < -0.39 is 83.1 Å². The number of ether oxygens (including phenoxy) is 2. The van der Waals surface area contributed by atoms with Gasteiger partial charge in [0.1, 0.15) is 36.5 Å². The van der Waals surface area contributed by atoms with E-state index in [0.29, 0.717) is 0 Å². The Morgan fingerprint density at radius 2 is 1.77 bits per heavy atom. The predicted octanol–water partition coefficient (Wildman–Crippen LogP) is -2.94. The first kappa shape index (κ1) is 31.3. The maximum Gasteiger partial charge on any atom is 0.472 e. The van der Waals surface area contributed by atoms with Gasteiger partial charge in [0.2, 0.25) is 5.95 Å². The van der Waals surface area contributed by atoms with Crippen LogP contribution in [0.3, 0.4) is 0 Å². The Labute approximate surface area is 238 Å². The van der Waals surface area contributed by atoms with E-state index in [1.807, 2.05) is 0 Å². The number of nitrogen functional groups attached to an aromatic ring is 2. The first-order valence-corrected chi connectivity index (χ1v) is 15.2. The van der Waals surface area contributed by atoms with Crippen molar-refractivity contribution >= 4 is 38.6 Å². The monoisotopic (exact) mass is 652 g/mol. The number of aliphatic hydroxyl groups excluding tert-OH is 2. The van der Waals surface area contributed by atoms with Gasteiger partial charge in [-0.25, -0.2) is 18.9 Å². The number of hydrogen-bond acceptors (Lipinski definition) is 16. The van der Waals surface area contributed by atoms with Crippen LogP contribution < -0.4 is 22.7 Å². The van der Waals surface area contributed by atoms with E-state index in [4.69, 9.17) is 39.8 Å². The Hall–Kier alpha value is -3.11. The van der Waals surface area contributed by atoms with Crippen molar-refractivity contribution < 1.29 is 57.1 Å². The Balaban J connectivity index is 1.28. The van der Waals surface area contributed by atoms with Crippen LogP contribution in [0.4, 0.5) is 11.8 Å². The SMILES string of the molecule is Nc1ccn([C@@H]2O[C@H](COP(=O)(O)O)[C@@H](OP(=O)(O)OC[C@H]3O[C@@H](n4cnc5c(=O)[nH]c(N)nc54)C[C@@H]3O)[C@H]2O)c(=O)n1. The summed E-state index contributed by atoms with van der Waals surface area (Å²) in [6, 6.07) is 1.20. The van der Waals surface area contributed by atoms with Crippen LogP contribution >= 0.6 is 15.6 Å². The minimum atomic E-state index is -5.13. The molecular formula is C19H26N8O14P2. The van der Waals surface area contributed by atoms with E-state index in [1.54, 1.807) is 0 Å². The lowest BCUT2D eigenvalue weighted by Gasteiger charge is -2.24. The maximum atomic E-state index is 12.9. The standard InChI is InChI=1S/C19H26N8O14P2/c20-10-1-2-26(19(31)23-10)17-13(29)14(9(40-17)5-37-42(32,33)34)41-43(35,36)38-4-8-7(28)3-11(39-8)27-6-22-12-15(27)24-18(21)25-16(12)30/h1-2,6-9,11,13-14,17,28-29H,3-5H2,(H,35,36)(H2,20,23,31)(H2,32,33,34)(H3,21,24,25,30)/t7-,8+,9+,11+,13+,14+,17+/m0/s1. The number of phosphoric ester groups is 2. The van der Waals surface area contributed by atoms with Crippen LogP contribution in [0.15, 0.2) is 28.2 Å². The minimum absolute atomic E-state index is 0.0369. The quantitative estimate of drug-likeness (QED) is 0.102. The minimum Gasteiger partial charge on any atom is -0.390 e. The molecule has 0 radical (unpaired) electrons. The van der Waals surface area contributed by atoms with Crippen molar-refractivity contribution in [2.75, 3.05) is 24.7 Å². The van der Waals surface area contributed by atoms with Gasteiger partial charge in [0.15, 0.2) is 17.4 Å². The largest absolute Gasteiger partial charge is 0.472 e. The second-order valence-corrected chi connectivity index (χ2v) is 12.1. The van der Waals surface area contributed by atoms with E-state index in [1.165, 1.54) is 17.0 Å². The lowest BCUT2D eigenvalue weighted by Crippen LogP contribution is -2.38. The van der Waals surface area contributed by atoms with Gasteiger partial charge in [-0.15, -0.1) is 0 Å². The summed E-state index contributed by atoms with van der Waals surface area (Å²) in [7, 11) is -10.2. The average molecular weight is 652 g/mol. The number of phosphoric acid groups is 2. The Morgan fingerprint density at radius 3 is 2.47 bits per heavy atom. The van der Waals surface area contributed by atoms with Gasteiger partial charge in [-0.05, 0) is 6.07 Å². The third kappa shape index (κ3) is 6.85. The fourth-order valence-corrected chi connectivity index (χ4v) is 5.85. The third-order valence-corrected chi connectivity index (χ3v) is 7.93. The van der Waals surface area contributed by atoms with Gasteiger partial charge in [0, 0.05) is 12.6 Å². The zero-order valence-electron chi connectivity index (χ0n) is 21.6. The number of aromatic amines is 1. The number of nitrogens with one attached hydrogen (secondary N) is 1. The molecular weight excluding hydrogens is 626 g/mol. The van der Waals surface area contributed by atoms with Crippen LogP contribution in [-0.4, -0.2) is 97.7 Å². The molecule has 0 amide bonds. The Bertz CT molecular complexity index is 1710. The average Bonchev–Trinajstić information content (AvgIpc) is 3.57. The summed E-state index contributed by atoms with van der Waals surface area (Å²) in [5.41, 5.74) is 9.52. The molecule has 236 valence electrons. The van der Waals surface area contributed by atoms with E-state index >= 15 is 0 Å². The molecule has 43 heavy (non-hydrogen) atoms.